The molecule has 21 heavy (non-hydrogen) atoms. The molecule has 2 aromatic carbocycles. The molecule has 0 unspecified atom stereocenters. The molecular weight excluding hydrogens is 331 g/mol. The highest BCUT2D eigenvalue weighted by Crippen LogP contribution is 2.29. The van der Waals surface area contributed by atoms with Gasteiger partial charge in [-0.1, -0.05) is 35.3 Å². The van der Waals surface area contributed by atoms with E-state index in [4.69, 9.17) is 28.9 Å². The van der Waals surface area contributed by atoms with Gasteiger partial charge in [0, 0.05) is 10.7 Å². The number of nitrogens with one attached hydrogen (secondary N) is 1. The van der Waals surface area contributed by atoms with Crippen LogP contribution in [-0.4, -0.2) is 8.42 Å². The van der Waals surface area contributed by atoms with E-state index in [0.29, 0.717) is 21.3 Å². The zero-order valence-electron chi connectivity index (χ0n) is 11.2. The fraction of sp³-hybridized carbons (Fsp3) is 0.143. The van der Waals surface area contributed by atoms with Crippen molar-refractivity contribution >= 4 is 44.6 Å². The Labute approximate surface area is 133 Å². The van der Waals surface area contributed by atoms with E-state index >= 15 is 0 Å². The molecule has 0 radical (unpaired) electrons. The van der Waals surface area contributed by atoms with Gasteiger partial charge < -0.3 is 5.73 Å². The van der Waals surface area contributed by atoms with Crippen molar-refractivity contribution in [2.24, 2.45) is 0 Å². The Morgan fingerprint density at radius 3 is 2.33 bits per heavy atom. The summed E-state index contributed by atoms with van der Waals surface area (Å²) < 4.78 is 26.8. The van der Waals surface area contributed by atoms with Gasteiger partial charge in [0.1, 0.15) is 0 Å². The van der Waals surface area contributed by atoms with Crippen LogP contribution in [0.2, 0.25) is 10.0 Å². The minimum Gasteiger partial charge on any atom is -0.399 e. The molecule has 0 spiro atoms. The van der Waals surface area contributed by atoms with Gasteiger partial charge >= 0.3 is 0 Å². The Kier molecular flexibility index (Phi) is 4.66. The molecule has 0 bridgehead atoms. The maximum atomic E-state index is 12.2. The number of aryl methyl sites for hydroxylation is 1. The lowest BCUT2D eigenvalue weighted by molar-refractivity contribution is 0.600. The van der Waals surface area contributed by atoms with Gasteiger partial charge in [0.25, 0.3) is 0 Å². The van der Waals surface area contributed by atoms with Crippen molar-refractivity contribution in [2.45, 2.75) is 12.7 Å². The van der Waals surface area contributed by atoms with Crippen molar-refractivity contribution in [1.29, 1.82) is 0 Å². The molecule has 0 aliphatic heterocycles. The smallest absolute Gasteiger partial charge is 0.236 e. The van der Waals surface area contributed by atoms with E-state index in [1.807, 2.05) is 0 Å². The molecule has 0 aromatic heterocycles. The average molecular weight is 345 g/mol. The second-order valence-corrected chi connectivity index (χ2v) is 7.22. The lowest BCUT2D eigenvalue weighted by Gasteiger charge is -2.11. The van der Waals surface area contributed by atoms with Crippen LogP contribution in [0.5, 0.6) is 0 Å². The summed E-state index contributed by atoms with van der Waals surface area (Å²) in [6, 6.07) is 9.75. The van der Waals surface area contributed by atoms with Crippen LogP contribution in [0.4, 0.5) is 11.4 Å². The largest absolute Gasteiger partial charge is 0.399 e. The van der Waals surface area contributed by atoms with E-state index in [1.165, 1.54) is 6.07 Å². The number of anilines is 2. The number of halogens is 2. The molecule has 0 saturated heterocycles. The summed E-state index contributed by atoms with van der Waals surface area (Å²) in [5, 5.41) is 0.752. The Morgan fingerprint density at radius 1 is 1.10 bits per heavy atom. The van der Waals surface area contributed by atoms with Gasteiger partial charge in [-0.3, -0.25) is 4.72 Å². The third-order valence-electron chi connectivity index (χ3n) is 2.85. The minimum absolute atomic E-state index is 0.172. The van der Waals surface area contributed by atoms with E-state index in [9.17, 15) is 8.42 Å². The predicted molar refractivity (Wildman–Crippen MR) is 88.3 cm³/mol. The number of sulfonamides is 1. The Balaban J connectivity index is 2.21. The number of benzene rings is 2. The topological polar surface area (TPSA) is 72.2 Å². The van der Waals surface area contributed by atoms with E-state index in [0.717, 1.165) is 5.56 Å². The highest BCUT2D eigenvalue weighted by atomic mass is 35.5. The molecule has 0 aliphatic rings. The van der Waals surface area contributed by atoms with Gasteiger partial charge in [0.15, 0.2) is 0 Å². The number of rotatable bonds is 4. The minimum atomic E-state index is -3.59. The van der Waals surface area contributed by atoms with Crippen LogP contribution in [0.1, 0.15) is 11.1 Å². The number of hydrogen-bond donors (Lipinski definition) is 2. The first-order valence-corrected chi connectivity index (χ1v) is 8.48. The molecule has 0 heterocycles. The lowest BCUT2D eigenvalue weighted by Crippen LogP contribution is -2.15. The molecule has 0 saturated carbocycles. The third kappa shape index (κ3) is 4.27. The molecule has 0 amide bonds. The van der Waals surface area contributed by atoms with Crippen molar-refractivity contribution in [2.75, 3.05) is 10.5 Å². The monoisotopic (exact) mass is 344 g/mol. The van der Waals surface area contributed by atoms with Crippen LogP contribution < -0.4 is 10.5 Å². The maximum Gasteiger partial charge on any atom is 0.236 e. The normalized spacial score (nSPS) is 11.4. The van der Waals surface area contributed by atoms with E-state index in [-0.39, 0.29) is 11.4 Å². The molecule has 3 N–H and O–H groups in total. The Morgan fingerprint density at radius 2 is 1.71 bits per heavy atom. The molecule has 7 heteroatoms. The second kappa shape index (κ2) is 6.13. The summed E-state index contributed by atoms with van der Waals surface area (Å²) in [6.45, 7) is 1.79. The molecule has 0 aliphatic carbocycles. The van der Waals surface area contributed by atoms with Crippen LogP contribution >= 0.6 is 23.2 Å². The van der Waals surface area contributed by atoms with Crippen LogP contribution in [0.15, 0.2) is 36.4 Å². The van der Waals surface area contributed by atoms with Crippen LogP contribution in [0.3, 0.4) is 0 Å². The molecule has 2 aromatic rings. The van der Waals surface area contributed by atoms with Crippen LogP contribution in [0, 0.1) is 6.92 Å². The molecular formula is C14H14Cl2N2O2S. The first-order valence-electron chi connectivity index (χ1n) is 6.07. The summed E-state index contributed by atoms with van der Waals surface area (Å²) in [6.07, 6.45) is 0. The van der Waals surface area contributed by atoms with Gasteiger partial charge in [0.05, 0.1) is 16.5 Å². The third-order valence-corrected chi connectivity index (χ3v) is 4.81. The number of nitrogen functional groups attached to an aromatic ring is 1. The molecule has 4 nitrogen and oxygen atoms in total. The van der Waals surface area contributed by atoms with E-state index in [1.54, 1.807) is 37.3 Å². The van der Waals surface area contributed by atoms with Gasteiger partial charge in [0.2, 0.25) is 10.0 Å². The van der Waals surface area contributed by atoms with Crippen molar-refractivity contribution < 1.29 is 8.42 Å². The predicted octanol–water partition coefficient (Wildman–Crippen LogP) is 3.83. The quantitative estimate of drug-likeness (QED) is 0.828. The standard InChI is InChI=1S/C14H14Cl2N2O2S/c1-9-6-13(16)14(7-12(9)15)18-21(19,20)8-10-2-4-11(17)5-3-10/h2-7,18H,8,17H2,1H3. The molecule has 112 valence electrons. The van der Waals surface area contributed by atoms with Crippen molar-refractivity contribution in [3.63, 3.8) is 0 Å². The van der Waals surface area contributed by atoms with Crippen molar-refractivity contribution in [1.82, 2.24) is 0 Å². The maximum absolute atomic E-state index is 12.2. The Bertz CT molecular complexity index is 759. The molecule has 2 rings (SSSR count). The first kappa shape index (κ1) is 15.9. The highest BCUT2D eigenvalue weighted by molar-refractivity contribution is 7.91. The summed E-state index contributed by atoms with van der Waals surface area (Å²) in [4.78, 5) is 0. The summed E-state index contributed by atoms with van der Waals surface area (Å²) in [5.41, 5.74) is 7.83. The van der Waals surface area contributed by atoms with E-state index in [2.05, 4.69) is 4.72 Å². The fourth-order valence-corrected chi connectivity index (χ4v) is 3.45. The van der Waals surface area contributed by atoms with Gasteiger partial charge in [-0.05, 0) is 42.3 Å². The molecule has 0 fully saturated rings. The highest BCUT2D eigenvalue weighted by Gasteiger charge is 2.14. The number of nitrogens with two attached hydrogens (primary N) is 1. The zero-order valence-corrected chi connectivity index (χ0v) is 13.6. The van der Waals surface area contributed by atoms with Gasteiger partial charge in [-0.2, -0.15) is 0 Å². The lowest BCUT2D eigenvalue weighted by atomic mass is 10.2. The second-order valence-electron chi connectivity index (χ2n) is 4.68. The van der Waals surface area contributed by atoms with Crippen molar-refractivity contribution in [3.8, 4) is 0 Å². The van der Waals surface area contributed by atoms with Crippen LogP contribution in [-0.2, 0) is 15.8 Å². The summed E-state index contributed by atoms with van der Waals surface area (Å²) in [5.74, 6) is -0.172. The van der Waals surface area contributed by atoms with Crippen LogP contribution in [0.25, 0.3) is 0 Å². The van der Waals surface area contributed by atoms with Gasteiger partial charge in [-0.15, -0.1) is 0 Å². The molecule has 0 atom stereocenters. The Hall–Kier alpha value is -1.43. The van der Waals surface area contributed by atoms with Gasteiger partial charge in [-0.25, -0.2) is 8.42 Å². The number of hydrogen-bond acceptors (Lipinski definition) is 3. The summed E-state index contributed by atoms with van der Waals surface area (Å²) >= 11 is 12.0. The first-order chi connectivity index (χ1) is 9.77. The average Bonchev–Trinajstić information content (AvgIpc) is 2.38. The fourth-order valence-electron chi connectivity index (χ4n) is 1.76. The summed E-state index contributed by atoms with van der Waals surface area (Å²) in [7, 11) is -3.59. The van der Waals surface area contributed by atoms with Crippen molar-refractivity contribution in [3.05, 3.63) is 57.6 Å². The van der Waals surface area contributed by atoms with E-state index < -0.39 is 10.0 Å². The SMILES string of the molecule is Cc1cc(Cl)c(NS(=O)(=O)Cc2ccc(N)cc2)cc1Cl. The zero-order chi connectivity index (χ0) is 15.6.